The maximum Gasteiger partial charge on any atom is 0.317 e. The Kier molecular flexibility index (Phi) is 2.73. The number of rotatable bonds is 2. The molecule has 0 spiro atoms. The Hall–Kier alpha value is -1.35. The van der Waals surface area contributed by atoms with Crippen molar-refractivity contribution in [3.63, 3.8) is 0 Å². The second-order valence-electron chi connectivity index (χ2n) is 3.52. The molecule has 1 atom stereocenters. The molecule has 1 heterocycles. The molecular formula is C11H9ClO3. The van der Waals surface area contributed by atoms with E-state index in [2.05, 4.69) is 4.74 Å². The minimum atomic E-state index is -0.432. The average Bonchev–Trinajstić information content (AvgIpc) is 2.49. The molecule has 1 aromatic rings. The number of esters is 2. The van der Waals surface area contributed by atoms with Gasteiger partial charge in [0.1, 0.15) is 0 Å². The van der Waals surface area contributed by atoms with Crippen molar-refractivity contribution in [3.05, 3.63) is 34.9 Å². The van der Waals surface area contributed by atoms with E-state index in [-0.39, 0.29) is 12.3 Å². The van der Waals surface area contributed by atoms with Gasteiger partial charge < -0.3 is 4.74 Å². The summed E-state index contributed by atoms with van der Waals surface area (Å²) < 4.78 is 4.47. The molecule has 2 rings (SSSR count). The molecule has 4 heteroatoms. The topological polar surface area (TPSA) is 43.4 Å². The van der Waals surface area contributed by atoms with Crippen LogP contribution in [-0.2, 0) is 20.7 Å². The van der Waals surface area contributed by atoms with Crippen molar-refractivity contribution in [2.45, 2.75) is 12.8 Å². The first-order valence-electron chi connectivity index (χ1n) is 4.64. The summed E-state index contributed by atoms with van der Waals surface area (Å²) in [5.41, 5.74) is 0.982. The summed E-state index contributed by atoms with van der Waals surface area (Å²) in [4.78, 5) is 22.0. The molecule has 0 saturated carbocycles. The Balaban J connectivity index is 2.06. The van der Waals surface area contributed by atoms with Crippen LogP contribution < -0.4 is 0 Å². The van der Waals surface area contributed by atoms with Gasteiger partial charge in [-0.2, -0.15) is 0 Å². The third-order valence-electron chi connectivity index (χ3n) is 2.36. The van der Waals surface area contributed by atoms with Crippen LogP contribution >= 0.6 is 11.6 Å². The summed E-state index contributed by atoms with van der Waals surface area (Å²) in [6.07, 6.45) is 0.712. The number of carbonyl (C=O) groups is 2. The molecule has 78 valence electrons. The highest BCUT2D eigenvalue weighted by Gasteiger charge is 2.33. The molecule has 1 aliphatic heterocycles. The van der Waals surface area contributed by atoms with Crippen LogP contribution in [0.5, 0.6) is 0 Å². The summed E-state index contributed by atoms with van der Waals surface area (Å²) in [6, 6.07) is 7.22. The Morgan fingerprint density at radius 1 is 1.27 bits per heavy atom. The summed E-state index contributed by atoms with van der Waals surface area (Å²) in [5.74, 6) is -1.19. The normalized spacial score (nSPS) is 20.5. The highest BCUT2D eigenvalue weighted by Crippen LogP contribution is 2.21. The minimum absolute atomic E-state index is 0.182. The van der Waals surface area contributed by atoms with E-state index in [1.54, 1.807) is 12.1 Å². The van der Waals surface area contributed by atoms with Crippen molar-refractivity contribution in [2.24, 2.45) is 5.92 Å². The van der Waals surface area contributed by atoms with Crippen LogP contribution in [0.1, 0.15) is 12.0 Å². The smallest absolute Gasteiger partial charge is 0.317 e. The van der Waals surface area contributed by atoms with Crippen molar-refractivity contribution < 1.29 is 14.3 Å². The van der Waals surface area contributed by atoms with E-state index < -0.39 is 11.9 Å². The summed E-state index contributed by atoms with van der Waals surface area (Å²) in [5, 5.41) is 0.656. The highest BCUT2D eigenvalue weighted by molar-refractivity contribution is 6.30. The predicted molar refractivity (Wildman–Crippen MR) is 54.4 cm³/mol. The number of hydrogen-bond acceptors (Lipinski definition) is 3. The second kappa shape index (κ2) is 4.03. The molecule has 3 nitrogen and oxygen atoms in total. The van der Waals surface area contributed by atoms with Crippen LogP contribution in [0, 0.1) is 5.92 Å². The number of hydrogen-bond donors (Lipinski definition) is 0. The fourth-order valence-electron chi connectivity index (χ4n) is 1.58. The zero-order valence-corrected chi connectivity index (χ0v) is 8.66. The molecular weight excluding hydrogens is 216 g/mol. The minimum Gasteiger partial charge on any atom is -0.393 e. The van der Waals surface area contributed by atoms with E-state index in [9.17, 15) is 9.59 Å². The number of carbonyl (C=O) groups excluding carboxylic acids is 2. The van der Waals surface area contributed by atoms with Gasteiger partial charge in [-0.1, -0.05) is 23.7 Å². The van der Waals surface area contributed by atoms with Gasteiger partial charge in [-0.25, -0.2) is 0 Å². The Morgan fingerprint density at radius 2 is 1.93 bits per heavy atom. The summed E-state index contributed by atoms with van der Waals surface area (Å²) in [6.45, 7) is 0. The first-order valence-corrected chi connectivity index (χ1v) is 5.02. The van der Waals surface area contributed by atoms with Crippen molar-refractivity contribution in [3.8, 4) is 0 Å². The van der Waals surface area contributed by atoms with Gasteiger partial charge in [0.25, 0.3) is 0 Å². The highest BCUT2D eigenvalue weighted by atomic mass is 35.5. The lowest BCUT2D eigenvalue weighted by Gasteiger charge is -2.04. The van der Waals surface area contributed by atoms with Gasteiger partial charge in [0, 0.05) is 5.02 Å². The molecule has 0 amide bonds. The van der Waals surface area contributed by atoms with Crippen LogP contribution in [-0.4, -0.2) is 11.9 Å². The largest absolute Gasteiger partial charge is 0.393 e. The van der Waals surface area contributed by atoms with Crippen LogP contribution in [0.15, 0.2) is 24.3 Å². The van der Waals surface area contributed by atoms with E-state index in [4.69, 9.17) is 11.6 Å². The van der Waals surface area contributed by atoms with Gasteiger partial charge in [0.05, 0.1) is 12.3 Å². The van der Waals surface area contributed by atoms with E-state index in [0.717, 1.165) is 5.56 Å². The summed E-state index contributed by atoms with van der Waals surface area (Å²) in [7, 11) is 0. The Morgan fingerprint density at radius 3 is 2.47 bits per heavy atom. The van der Waals surface area contributed by atoms with Crippen LogP contribution in [0.4, 0.5) is 0 Å². The molecule has 1 saturated heterocycles. The van der Waals surface area contributed by atoms with Gasteiger partial charge in [-0.15, -0.1) is 0 Å². The Bertz CT molecular complexity index is 397. The average molecular weight is 225 g/mol. The Labute approximate surface area is 92.0 Å². The number of benzene rings is 1. The van der Waals surface area contributed by atoms with Gasteiger partial charge in [0.2, 0.25) is 0 Å². The van der Waals surface area contributed by atoms with E-state index >= 15 is 0 Å². The number of ether oxygens (including phenoxy) is 1. The SMILES string of the molecule is O=C1CC(Cc2ccc(Cl)cc2)C(=O)O1. The van der Waals surface area contributed by atoms with Crippen molar-refractivity contribution in [2.75, 3.05) is 0 Å². The molecule has 0 bridgehead atoms. The molecule has 0 radical (unpaired) electrons. The lowest BCUT2D eigenvalue weighted by atomic mass is 9.98. The lowest BCUT2D eigenvalue weighted by molar-refractivity contribution is -0.153. The van der Waals surface area contributed by atoms with Crippen LogP contribution in [0.2, 0.25) is 5.02 Å². The van der Waals surface area contributed by atoms with E-state index in [1.165, 1.54) is 0 Å². The van der Waals surface area contributed by atoms with Gasteiger partial charge in [0.15, 0.2) is 0 Å². The molecule has 1 fully saturated rings. The first-order chi connectivity index (χ1) is 7.15. The van der Waals surface area contributed by atoms with Crippen molar-refractivity contribution in [1.29, 1.82) is 0 Å². The van der Waals surface area contributed by atoms with E-state index in [0.29, 0.717) is 11.4 Å². The lowest BCUT2D eigenvalue weighted by Crippen LogP contribution is -2.10. The summed E-state index contributed by atoms with van der Waals surface area (Å²) >= 11 is 5.73. The van der Waals surface area contributed by atoms with Gasteiger partial charge in [-0.3, -0.25) is 9.59 Å². The number of halogens is 1. The molecule has 0 aliphatic carbocycles. The second-order valence-corrected chi connectivity index (χ2v) is 3.96. The third kappa shape index (κ3) is 2.36. The molecule has 0 aromatic heterocycles. The zero-order chi connectivity index (χ0) is 10.8. The zero-order valence-electron chi connectivity index (χ0n) is 7.90. The third-order valence-corrected chi connectivity index (χ3v) is 2.61. The number of cyclic esters (lactones) is 2. The van der Waals surface area contributed by atoms with E-state index in [1.807, 2.05) is 12.1 Å². The van der Waals surface area contributed by atoms with Crippen LogP contribution in [0.25, 0.3) is 0 Å². The van der Waals surface area contributed by atoms with Gasteiger partial charge in [-0.05, 0) is 24.1 Å². The fourth-order valence-corrected chi connectivity index (χ4v) is 1.71. The molecule has 0 N–H and O–H groups in total. The maximum absolute atomic E-state index is 11.2. The maximum atomic E-state index is 11.2. The molecule has 15 heavy (non-hydrogen) atoms. The quantitative estimate of drug-likeness (QED) is 0.570. The van der Waals surface area contributed by atoms with Crippen molar-refractivity contribution in [1.82, 2.24) is 0 Å². The van der Waals surface area contributed by atoms with Crippen LogP contribution in [0.3, 0.4) is 0 Å². The molecule has 1 aromatic carbocycles. The predicted octanol–water partition coefficient (Wildman–Crippen LogP) is 1.97. The first kappa shape index (κ1) is 10.2. The van der Waals surface area contributed by atoms with Gasteiger partial charge >= 0.3 is 11.9 Å². The standard InChI is InChI=1S/C11H9ClO3/c12-9-3-1-7(2-4-9)5-8-6-10(13)15-11(8)14/h1-4,8H,5-6H2. The molecule has 1 aliphatic rings. The fraction of sp³-hybridized carbons (Fsp3) is 0.273. The molecule has 1 unspecified atom stereocenters. The van der Waals surface area contributed by atoms with Crippen molar-refractivity contribution >= 4 is 23.5 Å². The monoisotopic (exact) mass is 224 g/mol.